The molecule has 1 fully saturated rings. The topological polar surface area (TPSA) is 63.7 Å². The molecule has 0 saturated carbocycles. The van der Waals surface area contributed by atoms with Gasteiger partial charge in [0.1, 0.15) is 12.0 Å². The molecule has 33 heavy (non-hydrogen) atoms. The summed E-state index contributed by atoms with van der Waals surface area (Å²) in [6, 6.07) is 22.7. The molecule has 3 aromatic carbocycles. The van der Waals surface area contributed by atoms with Crippen LogP contribution in [0.2, 0.25) is 0 Å². The van der Waals surface area contributed by atoms with Crippen LogP contribution in [-0.4, -0.2) is 24.7 Å². The van der Waals surface area contributed by atoms with E-state index in [2.05, 4.69) is 0 Å². The van der Waals surface area contributed by atoms with Gasteiger partial charge in [-0.3, -0.25) is 9.59 Å². The van der Waals surface area contributed by atoms with E-state index in [-0.39, 0.29) is 17.7 Å². The number of hydrogen-bond donors (Lipinski definition) is 0. The van der Waals surface area contributed by atoms with E-state index in [9.17, 15) is 14.4 Å². The van der Waals surface area contributed by atoms with Crippen molar-refractivity contribution in [3.8, 4) is 5.75 Å². The molecule has 7 rings (SSSR count). The van der Waals surface area contributed by atoms with Gasteiger partial charge in [-0.1, -0.05) is 67.6 Å². The number of imide groups is 1. The molecule has 4 aliphatic rings. The molecule has 0 N–H and O–H groups in total. The van der Waals surface area contributed by atoms with Crippen LogP contribution in [0.4, 0.5) is 5.69 Å². The van der Waals surface area contributed by atoms with E-state index in [4.69, 9.17) is 4.74 Å². The van der Waals surface area contributed by atoms with Crippen LogP contribution < -0.4 is 9.64 Å². The van der Waals surface area contributed by atoms with Gasteiger partial charge in [-0.15, -0.1) is 0 Å². The Balaban J connectivity index is 1.58. The first-order chi connectivity index (χ1) is 16.1. The molecule has 1 saturated heterocycles. The van der Waals surface area contributed by atoms with Crippen molar-refractivity contribution in [1.29, 1.82) is 0 Å². The highest BCUT2D eigenvalue weighted by atomic mass is 16.5. The molecule has 2 amide bonds. The maximum Gasteiger partial charge on any atom is 0.239 e. The van der Waals surface area contributed by atoms with E-state index >= 15 is 0 Å². The third-order valence-corrected chi connectivity index (χ3v) is 7.44. The Hall–Kier alpha value is -3.73. The molecule has 1 heterocycles. The molecule has 5 heteroatoms. The largest absolute Gasteiger partial charge is 0.491 e. The minimum atomic E-state index is -1.19. The minimum Gasteiger partial charge on any atom is -0.491 e. The fourth-order valence-corrected chi connectivity index (χ4v) is 6.24. The SMILES string of the molecule is CCCOc1ccccc1N1C(=O)[C@@H]2C3c4ccccc4C(C=O)(c4ccccc43)[C@H]2C1=O. The zero-order valence-electron chi connectivity index (χ0n) is 18.2. The van der Waals surface area contributed by atoms with Gasteiger partial charge in [0.2, 0.25) is 11.8 Å². The van der Waals surface area contributed by atoms with Crippen molar-refractivity contribution >= 4 is 23.8 Å². The summed E-state index contributed by atoms with van der Waals surface area (Å²) < 4.78 is 5.88. The lowest BCUT2D eigenvalue weighted by molar-refractivity contribution is -0.128. The van der Waals surface area contributed by atoms with Gasteiger partial charge in [0.05, 0.1) is 29.5 Å². The number of carbonyl (C=O) groups excluding carboxylic acids is 3. The van der Waals surface area contributed by atoms with Gasteiger partial charge in [-0.25, -0.2) is 4.90 Å². The lowest BCUT2D eigenvalue weighted by Gasteiger charge is -2.51. The van der Waals surface area contributed by atoms with Gasteiger partial charge in [0, 0.05) is 5.92 Å². The predicted octanol–water partition coefficient (Wildman–Crippen LogP) is 4.23. The summed E-state index contributed by atoms with van der Waals surface area (Å²) in [7, 11) is 0. The van der Waals surface area contributed by atoms with Crippen LogP contribution in [0, 0.1) is 11.8 Å². The summed E-state index contributed by atoms with van der Waals surface area (Å²) in [5.41, 5.74) is 2.86. The highest BCUT2D eigenvalue weighted by Crippen LogP contribution is 2.63. The van der Waals surface area contributed by atoms with Crippen molar-refractivity contribution < 1.29 is 19.1 Å². The minimum absolute atomic E-state index is 0.266. The second-order valence-corrected chi connectivity index (χ2v) is 8.97. The number of amides is 2. The van der Waals surface area contributed by atoms with E-state index in [0.717, 1.165) is 35.0 Å². The van der Waals surface area contributed by atoms with Crippen LogP contribution in [0.3, 0.4) is 0 Å². The zero-order chi connectivity index (χ0) is 22.7. The Kier molecular flexibility index (Phi) is 4.31. The molecule has 0 spiro atoms. The number of para-hydroxylation sites is 2. The summed E-state index contributed by atoms with van der Waals surface area (Å²) in [4.78, 5) is 42.3. The quantitative estimate of drug-likeness (QED) is 0.443. The number of aldehydes is 1. The molecule has 2 bridgehead atoms. The standard InChI is InChI=1S/C28H23NO4/c1-2-15-33-22-14-8-7-13-21(22)29-26(31)24-23-17-9-3-5-11-19(17)28(16-30,25(24)27(29)32)20-12-6-4-10-18(20)23/h3-14,16,23-25H,2,15H2,1H3/t23?,24-,25-,28?/m1/s1. The van der Waals surface area contributed by atoms with Crippen molar-refractivity contribution in [2.75, 3.05) is 11.5 Å². The summed E-state index contributed by atoms with van der Waals surface area (Å²) in [5, 5.41) is 0. The van der Waals surface area contributed by atoms with Gasteiger partial charge >= 0.3 is 0 Å². The number of nitrogens with zero attached hydrogens (tertiary/aromatic N) is 1. The smallest absolute Gasteiger partial charge is 0.239 e. The molecule has 164 valence electrons. The molecular formula is C28H23NO4. The van der Waals surface area contributed by atoms with Crippen molar-refractivity contribution in [3.63, 3.8) is 0 Å². The van der Waals surface area contributed by atoms with E-state index < -0.39 is 17.3 Å². The molecule has 0 radical (unpaired) electrons. The fraction of sp³-hybridized carbons (Fsp3) is 0.250. The van der Waals surface area contributed by atoms with Gasteiger partial charge in [-0.05, 0) is 40.8 Å². The molecular weight excluding hydrogens is 414 g/mol. The van der Waals surface area contributed by atoms with Gasteiger partial charge in [-0.2, -0.15) is 0 Å². The van der Waals surface area contributed by atoms with Crippen LogP contribution in [0.25, 0.3) is 0 Å². The van der Waals surface area contributed by atoms with Crippen molar-refractivity contribution in [1.82, 2.24) is 0 Å². The molecule has 0 aromatic heterocycles. The van der Waals surface area contributed by atoms with Crippen LogP contribution in [0.1, 0.15) is 41.5 Å². The molecule has 1 aliphatic heterocycles. The van der Waals surface area contributed by atoms with Crippen molar-refractivity contribution in [2.24, 2.45) is 11.8 Å². The first-order valence-electron chi connectivity index (χ1n) is 11.4. The Labute approximate surface area is 192 Å². The summed E-state index contributed by atoms with van der Waals surface area (Å²) in [6.07, 6.45) is 1.70. The lowest BCUT2D eigenvalue weighted by Crippen LogP contribution is -2.54. The number of hydrogen-bond acceptors (Lipinski definition) is 4. The predicted molar refractivity (Wildman–Crippen MR) is 123 cm³/mol. The number of carbonyl (C=O) groups is 3. The van der Waals surface area contributed by atoms with E-state index in [1.807, 2.05) is 61.5 Å². The third-order valence-electron chi connectivity index (χ3n) is 7.44. The first-order valence-corrected chi connectivity index (χ1v) is 11.4. The molecule has 3 aliphatic carbocycles. The monoisotopic (exact) mass is 437 g/mol. The summed E-state index contributed by atoms with van der Waals surface area (Å²) in [6.45, 7) is 2.49. The third kappa shape index (κ3) is 2.39. The van der Waals surface area contributed by atoms with Gasteiger partial charge < -0.3 is 9.53 Å². The Morgan fingerprint density at radius 3 is 2.12 bits per heavy atom. The summed E-state index contributed by atoms with van der Waals surface area (Å²) >= 11 is 0. The van der Waals surface area contributed by atoms with Crippen molar-refractivity contribution in [3.05, 3.63) is 95.1 Å². The van der Waals surface area contributed by atoms with E-state index in [0.29, 0.717) is 18.0 Å². The second-order valence-electron chi connectivity index (χ2n) is 8.97. The van der Waals surface area contributed by atoms with Gasteiger partial charge in [0.15, 0.2) is 0 Å². The molecule has 5 nitrogen and oxygen atoms in total. The van der Waals surface area contributed by atoms with Gasteiger partial charge in [0.25, 0.3) is 0 Å². The van der Waals surface area contributed by atoms with Crippen LogP contribution in [0.5, 0.6) is 5.75 Å². The number of ether oxygens (including phenoxy) is 1. The first kappa shape index (κ1) is 19.9. The molecule has 2 atom stereocenters. The average molecular weight is 437 g/mol. The summed E-state index contributed by atoms with van der Waals surface area (Å²) in [5.74, 6) is -1.78. The van der Waals surface area contributed by atoms with Crippen LogP contribution in [0.15, 0.2) is 72.8 Å². The molecule has 0 unspecified atom stereocenters. The highest BCUT2D eigenvalue weighted by Gasteiger charge is 2.68. The van der Waals surface area contributed by atoms with Crippen LogP contribution >= 0.6 is 0 Å². The Morgan fingerprint density at radius 2 is 1.48 bits per heavy atom. The van der Waals surface area contributed by atoms with E-state index in [1.54, 1.807) is 18.2 Å². The van der Waals surface area contributed by atoms with Crippen LogP contribution in [-0.2, 0) is 19.8 Å². The highest BCUT2D eigenvalue weighted by molar-refractivity contribution is 6.25. The number of benzene rings is 3. The second kappa shape index (κ2) is 7.14. The van der Waals surface area contributed by atoms with Crippen molar-refractivity contribution in [2.45, 2.75) is 24.7 Å². The fourth-order valence-electron chi connectivity index (χ4n) is 6.24. The average Bonchev–Trinajstić information content (AvgIpc) is 3.13. The number of rotatable bonds is 5. The lowest BCUT2D eigenvalue weighted by atomic mass is 9.48. The molecule has 3 aromatic rings. The maximum atomic E-state index is 14.0. The Bertz CT molecular complexity index is 1270. The Morgan fingerprint density at radius 1 is 0.879 bits per heavy atom. The normalized spacial score (nSPS) is 26.6. The van der Waals surface area contributed by atoms with E-state index in [1.165, 1.54) is 4.90 Å². The number of anilines is 1. The maximum absolute atomic E-state index is 14.0. The zero-order valence-corrected chi connectivity index (χ0v) is 18.2.